The third kappa shape index (κ3) is 4.68. The molecule has 0 saturated heterocycles. The zero-order valence-corrected chi connectivity index (χ0v) is 9.92. The third-order valence-corrected chi connectivity index (χ3v) is 1.98. The number of hydrogen-bond donors (Lipinski definition) is 0. The van der Waals surface area contributed by atoms with Gasteiger partial charge in [0, 0.05) is 0 Å². The van der Waals surface area contributed by atoms with Crippen molar-refractivity contribution in [1.29, 1.82) is 0 Å². The lowest BCUT2D eigenvalue weighted by molar-refractivity contribution is 0.131. The van der Waals surface area contributed by atoms with Gasteiger partial charge >= 0.3 is 0 Å². The lowest BCUT2D eigenvalue weighted by atomic mass is 10.1. The van der Waals surface area contributed by atoms with Crippen molar-refractivity contribution in [3.63, 3.8) is 0 Å². The summed E-state index contributed by atoms with van der Waals surface area (Å²) in [4.78, 5) is 0. The van der Waals surface area contributed by atoms with E-state index in [1.807, 2.05) is 18.2 Å². The minimum atomic E-state index is -0.122. The van der Waals surface area contributed by atoms with E-state index in [0.29, 0.717) is 0 Å². The SMILES string of the molecule is C=CCCc1ccc(OC(C)(C)C)cc1. The number of allylic oxidation sites excluding steroid dienone is 1. The molecule has 0 aliphatic heterocycles. The highest BCUT2D eigenvalue weighted by Crippen LogP contribution is 2.18. The topological polar surface area (TPSA) is 9.23 Å². The molecule has 1 heteroatoms. The van der Waals surface area contributed by atoms with Gasteiger partial charge in [-0.2, -0.15) is 0 Å². The van der Waals surface area contributed by atoms with Crippen molar-refractivity contribution < 1.29 is 4.74 Å². The molecule has 0 atom stereocenters. The summed E-state index contributed by atoms with van der Waals surface area (Å²) in [6.07, 6.45) is 4.03. The van der Waals surface area contributed by atoms with Crippen LogP contribution in [0.3, 0.4) is 0 Å². The number of benzene rings is 1. The average Bonchev–Trinajstić information content (AvgIpc) is 2.14. The van der Waals surface area contributed by atoms with Crippen LogP contribution in [-0.4, -0.2) is 5.60 Å². The maximum absolute atomic E-state index is 5.74. The molecule has 0 unspecified atom stereocenters. The van der Waals surface area contributed by atoms with Crippen molar-refractivity contribution in [2.75, 3.05) is 0 Å². The highest BCUT2D eigenvalue weighted by atomic mass is 16.5. The molecule has 0 fully saturated rings. The predicted molar refractivity (Wildman–Crippen MR) is 65.3 cm³/mol. The molecule has 82 valence electrons. The third-order valence-electron chi connectivity index (χ3n) is 1.98. The summed E-state index contributed by atoms with van der Waals surface area (Å²) < 4.78 is 5.74. The van der Waals surface area contributed by atoms with Crippen LogP contribution in [-0.2, 0) is 6.42 Å². The molecule has 0 spiro atoms. The monoisotopic (exact) mass is 204 g/mol. The first kappa shape index (κ1) is 11.8. The Morgan fingerprint density at radius 1 is 1.20 bits per heavy atom. The van der Waals surface area contributed by atoms with E-state index in [2.05, 4.69) is 39.5 Å². The summed E-state index contributed by atoms with van der Waals surface area (Å²) in [5, 5.41) is 0. The van der Waals surface area contributed by atoms with Crippen molar-refractivity contribution in [2.24, 2.45) is 0 Å². The van der Waals surface area contributed by atoms with Gasteiger partial charge in [0.25, 0.3) is 0 Å². The van der Waals surface area contributed by atoms with Crippen molar-refractivity contribution in [3.05, 3.63) is 42.5 Å². The zero-order chi connectivity index (χ0) is 11.3. The van der Waals surface area contributed by atoms with Crippen LogP contribution in [0.2, 0.25) is 0 Å². The Morgan fingerprint density at radius 3 is 2.27 bits per heavy atom. The molecule has 1 aromatic rings. The Kier molecular flexibility index (Phi) is 3.96. The highest BCUT2D eigenvalue weighted by Gasteiger charge is 2.10. The van der Waals surface area contributed by atoms with Crippen LogP contribution in [0.5, 0.6) is 5.75 Å². The fraction of sp³-hybridized carbons (Fsp3) is 0.429. The van der Waals surface area contributed by atoms with E-state index >= 15 is 0 Å². The maximum atomic E-state index is 5.74. The Labute approximate surface area is 92.8 Å². The maximum Gasteiger partial charge on any atom is 0.120 e. The van der Waals surface area contributed by atoms with Gasteiger partial charge in [0.2, 0.25) is 0 Å². The van der Waals surface area contributed by atoms with Crippen LogP contribution in [0.15, 0.2) is 36.9 Å². The second-order valence-electron chi connectivity index (χ2n) is 4.69. The molecular formula is C14H20O. The molecule has 0 N–H and O–H groups in total. The lowest BCUT2D eigenvalue weighted by Gasteiger charge is -2.21. The second kappa shape index (κ2) is 5.01. The van der Waals surface area contributed by atoms with E-state index < -0.39 is 0 Å². The van der Waals surface area contributed by atoms with Gasteiger partial charge in [0.05, 0.1) is 0 Å². The van der Waals surface area contributed by atoms with Crippen LogP contribution in [0, 0.1) is 0 Å². The normalized spacial score (nSPS) is 11.1. The molecule has 0 bridgehead atoms. The fourth-order valence-corrected chi connectivity index (χ4v) is 1.35. The van der Waals surface area contributed by atoms with Crippen molar-refractivity contribution >= 4 is 0 Å². The summed E-state index contributed by atoms with van der Waals surface area (Å²) in [6, 6.07) is 8.29. The number of rotatable bonds is 4. The Balaban J connectivity index is 2.60. The highest BCUT2D eigenvalue weighted by molar-refractivity contribution is 5.27. The molecule has 0 aromatic heterocycles. The molecule has 0 saturated carbocycles. The standard InChI is InChI=1S/C14H20O/c1-5-6-7-12-8-10-13(11-9-12)15-14(2,3)4/h5,8-11H,1,6-7H2,2-4H3. The van der Waals surface area contributed by atoms with Gasteiger partial charge in [0.15, 0.2) is 0 Å². The minimum Gasteiger partial charge on any atom is -0.488 e. The Morgan fingerprint density at radius 2 is 1.80 bits per heavy atom. The largest absolute Gasteiger partial charge is 0.488 e. The van der Waals surface area contributed by atoms with E-state index in [-0.39, 0.29) is 5.60 Å². The molecule has 0 aliphatic carbocycles. The van der Waals surface area contributed by atoms with Gasteiger partial charge in [-0.3, -0.25) is 0 Å². The van der Waals surface area contributed by atoms with E-state index in [4.69, 9.17) is 4.74 Å². The lowest BCUT2D eigenvalue weighted by Crippen LogP contribution is -2.22. The van der Waals surface area contributed by atoms with Crippen molar-refractivity contribution in [2.45, 2.75) is 39.2 Å². The number of ether oxygens (including phenoxy) is 1. The molecule has 0 radical (unpaired) electrons. The predicted octanol–water partition coefficient (Wildman–Crippen LogP) is 3.98. The van der Waals surface area contributed by atoms with Crippen LogP contribution in [0.4, 0.5) is 0 Å². The van der Waals surface area contributed by atoms with E-state index in [0.717, 1.165) is 18.6 Å². The summed E-state index contributed by atoms with van der Waals surface area (Å²) in [5.74, 6) is 0.935. The number of aryl methyl sites for hydroxylation is 1. The smallest absolute Gasteiger partial charge is 0.120 e. The fourth-order valence-electron chi connectivity index (χ4n) is 1.35. The van der Waals surface area contributed by atoms with Gasteiger partial charge in [0.1, 0.15) is 11.4 Å². The van der Waals surface area contributed by atoms with Crippen LogP contribution >= 0.6 is 0 Å². The van der Waals surface area contributed by atoms with Crippen LogP contribution < -0.4 is 4.74 Å². The first-order valence-electron chi connectivity index (χ1n) is 5.40. The zero-order valence-electron chi connectivity index (χ0n) is 9.92. The van der Waals surface area contributed by atoms with Gasteiger partial charge in [-0.25, -0.2) is 0 Å². The minimum absolute atomic E-state index is 0.122. The summed E-state index contributed by atoms with van der Waals surface area (Å²) in [7, 11) is 0. The summed E-state index contributed by atoms with van der Waals surface area (Å²) in [5.41, 5.74) is 1.21. The molecule has 1 rings (SSSR count). The first-order chi connectivity index (χ1) is 7.01. The van der Waals surface area contributed by atoms with Crippen molar-refractivity contribution in [1.82, 2.24) is 0 Å². The molecule has 1 nitrogen and oxygen atoms in total. The Hall–Kier alpha value is -1.24. The quantitative estimate of drug-likeness (QED) is 0.674. The number of hydrogen-bond acceptors (Lipinski definition) is 1. The van der Waals surface area contributed by atoms with E-state index in [9.17, 15) is 0 Å². The van der Waals surface area contributed by atoms with Gasteiger partial charge < -0.3 is 4.74 Å². The van der Waals surface area contributed by atoms with E-state index in [1.165, 1.54) is 5.56 Å². The molecule has 1 aromatic carbocycles. The molecule has 0 amide bonds. The van der Waals surface area contributed by atoms with Crippen LogP contribution in [0.25, 0.3) is 0 Å². The summed E-state index contributed by atoms with van der Waals surface area (Å²) in [6.45, 7) is 9.88. The van der Waals surface area contributed by atoms with E-state index in [1.54, 1.807) is 0 Å². The molecular weight excluding hydrogens is 184 g/mol. The van der Waals surface area contributed by atoms with Gasteiger partial charge in [-0.05, 0) is 51.3 Å². The second-order valence-corrected chi connectivity index (χ2v) is 4.69. The van der Waals surface area contributed by atoms with Crippen LogP contribution in [0.1, 0.15) is 32.8 Å². The van der Waals surface area contributed by atoms with Crippen molar-refractivity contribution in [3.8, 4) is 5.75 Å². The first-order valence-corrected chi connectivity index (χ1v) is 5.40. The Bertz CT molecular complexity index is 303. The summed E-state index contributed by atoms with van der Waals surface area (Å²) >= 11 is 0. The molecule has 0 heterocycles. The average molecular weight is 204 g/mol. The van der Waals surface area contributed by atoms with Gasteiger partial charge in [-0.1, -0.05) is 18.2 Å². The molecule has 0 aliphatic rings. The van der Waals surface area contributed by atoms with Gasteiger partial charge in [-0.15, -0.1) is 6.58 Å². The molecule has 15 heavy (non-hydrogen) atoms.